The Labute approximate surface area is 122 Å². The van der Waals surface area contributed by atoms with Gasteiger partial charge in [-0.1, -0.05) is 6.92 Å². The molecule has 0 spiro atoms. The highest BCUT2D eigenvalue weighted by Crippen LogP contribution is 2.19. The molecule has 0 radical (unpaired) electrons. The number of aromatic nitrogens is 1. The summed E-state index contributed by atoms with van der Waals surface area (Å²) in [5.74, 6) is 1.12. The van der Waals surface area contributed by atoms with E-state index in [-0.39, 0.29) is 5.91 Å². The summed E-state index contributed by atoms with van der Waals surface area (Å²) < 4.78 is 11.4. The molecule has 110 valence electrons. The van der Waals surface area contributed by atoms with Crippen molar-refractivity contribution in [1.82, 2.24) is 9.88 Å². The van der Waals surface area contributed by atoms with E-state index in [9.17, 15) is 9.00 Å². The Hall–Kier alpha value is -1.43. The van der Waals surface area contributed by atoms with Gasteiger partial charge in [0, 0.05) is 53.8 Å². The van der Waals surface area contributed by atoms with Crippen molar-refractivity contribution in [3.8, 4) is 0 Å². The second-order valence-electron chi connectivity index (χ2n) is 4.94. The number of anilines is 1. The van der Waals surface area contributed by atoms with Gasteiger partial charge in [0.1, 0.15) is 0 Å². The Morgan fingerprint density at radius 3 is 2.80 bits per heavy atom. The number of pyridine rings is 1. The van der Waals surface area contributed by atoms with Crippen molar-refractivity contribution in [2.45, 2.75) is 20.3 Å². The van der Waals surface area contributed by atoms with Gasteiger partial charge in [-0.05, 0) is 19.4 Å². The van der Waals surface area contributed by atoms with E-state index in [0.29, 0.717) is 30.2 Å². The van der Waals surface area contributed by atoms with E-state index < -0.39 is 10.8 Å². The molecule has 0 aliphatic carbocycles. The van der Waals surface area contributed by atoms with Gasteiger partial charge in [-0.25, -0.2) is 0 Å². The van der Waals surface area contributed by atoms with Crippen LogP contribution < -0.4 is 5.32 Å². The van der Waals surface area contributed by atoms with Crippen molar-refractivity contribution in [2.24, 2.45) is 0 Å². The van der Waals surface area contributed by atoms with Gasteiger partial charge in [-0.3, -0.25) is 14.0 Å². The smallest absolute Gasteiger partial charge is 0.257 e. The number of nitrogens with zero attached hydrogens (tertiary/aromatic N) is 2. The lowest BCUT2D eigenvalue weighted by atomic mass is 10.1. The number of nitrogens with one attached hydrogen (secondary N) is 1. The van der Waals surface area contributed by atoms with Crippen LogP contribution in [-0.4, -0.2) is 51.1 Å². The van der Waals surface area contributed by atoms with Crippen molar-refractivity contribution >= 4 is 22.4 Å². The van der Waals surface area contributed by atoms with E-state index >= 15 is 0 Å². The van der Waals surface area contributed by atoms with Gasteiger partial charge in [0.2, 0.25) is 0 Å². The summed E-state index contributed by atoms with van der Waals surface area (Å²) in [6.45, 7) is 5.95. The van der Waals surface area contributed by atoms with Crippen molar-refractivity contribution < 1.29 is 9.00 Å². The van der Waals surface area contributed by atoms with Gasteiger partial charge in [-0.15, -0.1) is 0 Å². The van der Waals surface area contributed by atoms with Crippen molar-refractivity contribution in [1.29, 1.82) is 0 Å². The molecule has 1 aromatic heterocycles. The monoisotopic (exact) mass is 295 g/mol. The average Bonchev–Trinajstić information content (AvgIpc) is 2.45. The van der Waals surface area contributed by atoms with Crippen LogP contribution in [0.25, 0.3) is 0 Å². The zero-order valence-electron chi connectivity index (χ0n) is 12.0. The third-order valence-electron chi connectivity index (χ3n) is 3.30. The third-order valence-corrected chi connectivity index (χ3v) is 4.58. The summed E-state index contributed by atoms with van der Waals surface area (Å²) in [4.78, 5) is 18.5. The van der Waals surface area contributed by atoms with Crippen LogP contribution in [0.15, 0.2) is 12.3 Å². The first-order valence-electron chi connectivity index (χ1n) is 6.96. The number of carbonyl (C=O) groups excluding carboxylic acids is 1. The first-order valence-corrected chi connectivity index (χ1v) is 8.45. The van der Waals surface area contributed by atoms with Gasteiger partial charge in [-0.2, -0.15) is 0 Å². The fourth-order valence-corrected chi connectivity index (χ4v) is 3.20. The minimum atomic E-state index is -0.773. The van der Waals surface area contributed by atoms with E-state index in [4.69, 9.17) is 0 Å². The third kappa shape index (κ3) is 3.56. The molecule has 1 amide bonds. The van der Waals surface area contributed by atoms with Gasteiger partial charge >= 0.3 is 0 Å². The molecule has 0 saturated carbocycles. The molecule has 1 saturated heterocycles. The maximum absolute atomic E-state index is 12.5. The van der Waals surface area contributed by atoms with Crippen molar-refractivity contribution in [3.63, 3.8) is 0 Å². The summed E-state index contributed by atoms with van der Waals surface area (Å²) in [7, 11) is -0.773. The molecule has 2 rings (SSSR count). The molecule has 1 N–H and O–H groups in total. The molecule has 1 aliphatic rings. The summed E-state index contributed by atoms with van der Waals surface area (Å²) >= 11 is 0. The fraction of sp³-hybridized carbons (Fsp3) is 0.571. The van der Waals surface area contributed by atoms with E-state index in [1.807, 2.05) is 13.0 Å². The first-order chi connectivity index (χ1) is 9.61. The Balaban J connectivity index is 2.18. The average molecular weight is 295 g/mol. The Bertz CT molecular complexity index is 509. The highest BCUT2D eigenvalue weighted by molar-refractivity contribution is 7.85. The summed E-state index contributed by atoms with van der Waals surface area (Å²) in [5, 5.41) is 3.29. The topological polar surface area (TPSA) is 62.3 Å². The predicted molar refractivity (Wildman–Crippen MR) is 81.5 cm³/mol. The van der Waals surface area contributed by atoms with Gasteiger partial charge < -0.3 is 10.2 Å². The van der Waals surface area contributed by atoms with Crippen LogP contribution in [0, 0.1) is 6.92 Å². The SMILES string of the molecule is CCCNc1cc(C)ncc1C(=O)N1CCS(=O)CC1. The van der Waals surface area contributed by atoms with Crippen LogP contribution >= 0.6 is 0 Å². The highest BCUT2D eigenvalue weighted by Gasteiger charge is 2.23. The minimum absolute atomic E-state index is 0.0206. The van der Waals surface area contributed by atoms with Crippen LogP contribution in [0.1, 0.15) is 29.4 Å². The molecule has 6 heteroatoms. The first kappa shape index (κ1) is 15.0. The summed E-state index contributed by atoms with van der Waals surface area (Å²) in [6.07, 6.45) is 2.64. The van der Waals surface area contributed by atoms with Crippen molar-refractivity contribution in [2.75, 3.05) is 36.5 Å². The number of hydrogen-bond acceptors (Lipinski definition) is 4. The number of hydrogen-bond donors (Lipinski definition) is 1. The Morgan fingerprint density at radius 1 is 1.45 bits per heavy atom. The second-order valence-corrected chi connectivity index (χ2v) is 6.63. The summed E-state index contributed by atoms with van der Waals surface area (Å²) in [6, 6.07) is 1.91. The number of aryl methyl sites for hydroxylation is 1. The molecule has 1 aliphatic heterocycles. The van der Waals surface area contributed by atoms with Crippen LogP contribution in [0.4, 0.5) is 5.69 Å². The van der Waals surface area contributed by atoms with Crippen LogP contribution in [0.3, 0.4) is 0 Å². The molecule has 5 nitrogen and oxygen atoms in total. The van der Waals surface area contributed by atoms with Gasteiger partial charge in [0.25, 0.3) is 5.91 Å². The number of amides is 1. The van der Waals surface area contributed by atoms with Crippen LogP contribution in [-0.2, 0) is 10.8 Å². The van der Waals surface area contributed by atoms with E-state index in [0.717, 1.165) is 24.3 Å². The molecular formula is C14H21N3O2S. The van der Waals surface area contributed by atoms with E-state index in [2.05, 4.69) is 17.2 Å². The second kappa shape index (κ2) is 6.83. The Morgan fingerprint density at radius 2 is 2.15 bits per heavy atom. The van der Waals surface area contributed by atoms with Gasteiger partial charge in [0.15, 0.2) is 0 Å². The largest absolute Gasteiger partial charge is 0.384 e. The maximum atomic E-state index is 12.5. The zero-order valence-corrected chi connectivity index (χ0v) is 12.8. The lowest BCUT2D eigenvalue weighted by Gasteiger charge is -2.27. The highest BCUT2D eigenvalue weighted by atomic mass is 32.2. The van der Waals surface area contributed by atoms with Crippen LogP contribution in [0.2, 0.25) is 0 Å². The normalized spacial score (nSPS) is 16.2. The van der Waals surface area contributed by atoms with Gasteiger partial charge in [0.05, 0.1) is 11.3 Å². The molecular weight excluding hydrogens is 274 g/mol. The Kier molecular flexibility index (Phi) is 5.11. The predicted octanol–water partition coefficient (Wildman–Crippen LogP) is 1.42. The molecule has 20 heavy (non-hydrogen) atoms. The zero-order chi connectivity index (χ0) is 14.5. The standard InChI is InChI=1S/C14H21N3O2S/c1-3-4-15-13-9-11(2)16-10-12(13)14(18)17-5-7-20(19)8-6-17/h9-10H,3-8H2,1-2H3,(H,15,16). The minimum Gasteiger partial charge on any atom is -0.384 e. The number of rotatable bonds is 4. The van der Waals surface area contributed by atoms with E-state index in [1.165, 1.54) is 0 Å². The summed E-state index contributed by atoms with van der Waals surface area (Å²) in [5.41, 5.74) is 2.34. The fourth-order valence-electron chi connectivity index (χ4n) is 2.15. The lowest BCUT2D eigenvalue weighted by molar-refractivity contribution is 0.0772. The molecule has 0 aromatic carbocycles. The molecule has 0 atom stereocenters. The van der Waals surface area contributed by atoms with Crippen molar-refractivity contribution in [3.05, 3.63) is 23.5 Å². The molecule has 1 aromatic rings. The number of carbonyl (C=O) groups is 1. The quantitative estimate of drug-likeness (QED) is 0.912. The lowest BCUT2D eigenvalue weighted by Crippen LogP contribution is -2.42. The molecule has 1 fully saturated rings. The molecule has 2 heterocycles. The molecule has 0 unspecified atom stereocenters. The van der Waals surface area contributed by atoms with E-state index in [1.54, 1.807) is 11.1 Å². The van der Waals surface area contributed by atoms with Crippen LogP contribution in [0.5, 0.6) is 0 Å². The maximum Gasteiger partial charge on any atom is 0.257 e. The molecule has 0 bridgehead atoms.